The van der Waals surface area contributed by atoms with E-state index in [9.17, 15) is 8.78 Å². The molecule has 0 saturated carbocycles. The number of nitrogens with one attached hydrogen (secondary N) is 1. The minimum atomic E-state index is -0.507. The zero-order chi connectivity index (χ0) is 12.6. The molecule has 106 valence electrons. The lowest BCUT2D eigenvalue weighted by molar-refractivity contribution is 0.232. The average Bonchev–Trinajstić information content (AvgIpc) is 2.74. The maximum Gasteiger partial charge on any atom is 0.149 e. The Morgan fingerprint density at radius 3 is 2.53 bits per heavy atom. The lowest BCUT2D eigenvalue weighted by Gasteiger charge is -2.34. The van der Waals surface area contributed by atoms with Crippen LogP contribution in [-0.4, -0.2) is 26.2 Å². The fourth-order valence-corrected chi connectivity index (χ4v) is 3.24. The van der Waals surface area contributed by atoms with Gasteiger partial charge in [-0.25, -0.2) is 8.78 Å². The molecule has 0 amide bonds. The van der Waals surface area contributed by atoms with Gasteiger partial charge in [0.05, 0.1) is 5.69 Å². The van der Waals surface area contributed by atoms with Crippen LogP contribution in [0.4, 0.5) is 14.5 Å². The van der Waals surface area contributed by atoms with Crippen molar-refractivity contribution in [3.63, 3.8) is 0 Å². The van der Waals surface area contributed by atoms with Crippen molar-refractivity contribution in [1.82, 2.24) is 5.32 Å². The predicted octanol–water partition coefficient (Wildman–Crippen LogP) is 2.97. The van der Waals surface area contributed by atoms with Gasteiger partial charge in [0, 0.05) is 19.2 Å². The highest BCUT2D eigenvalue weighted by Crippen LogP contribution is 2.40. The van der Waals surface area contributed by atoms with E-state index in [4.69, 9.17) is 0 Å². The highest BCUT2D eigenvalue weighted by molar-refractivity contribution is 5.85. The Labute approximate surface area is 118 Å². The van der Waals surface area contributed by atoms with Gasteiger partial charge in [-0.1, -0.05) is 0 Å². The first kappa shape index (κ1) is 14.5. The van der Waals surface area contributed by atoms with Crippen LogP contribution >= 0.6 is 12.4 Å². The number of benzene rings is 1. The quantitative estimate of drug-likeness (QED) is 0.855. The van der Waals surface area contributed by atoms with E-state index in [0.29, 0.717) is 11.1 Å². The Bertz CT molecular complexity index is 447. The molecule has 19 heavy (non-hydrogen) atoms. The van der Waals surface area contributed by atoms with Gasteiger partial charge in [0.1, 0.15) is 11.6 Å². The van der Waals surface area contributed by atoms with Crippen molar-refractivity contribution < 1.29 is 8.78 Å². The number of anilines is 1. The van der Waals surface area contributed by atoms with Crippen LogP contribution in [0.3, 0.4) is 0 Å². The summed E-state index contributed by atoms with van der Waals surface area (Å²) in [5.41, 5.74) is 0.887. The van der Waals surface area contributed by atoms with Gasteiger partial charge in [-0.3, -0.25) is 0 Å². The van der Waals surface area contributed by atoms with Crippen LogP contribution in [0.25, 0.3) is 0 Å². The molecule has 5 heteroatoms. The Morgan fingerprint density at radius 1 is 1.11 bits per heavy atom. The van der Waals surface area contributed by atoms with Crippen LogP contribution < -0.4 is 10.2 Å². The van der Waals surface area contributed by atoms with Gasteiger partial charge in [-0.15, -0.1) is 12.4 Å². The second-order valence-electron chi connectivity index (χ2n) is 5.52. The first-order valence-electron chi connectivity index (χ1n) is 6.59. The topological polar surface area (TPSA) is 15.3 Å². The van der Waals surface area contributed by atoms with E-state index >= 15 is 0 Å². The standard InChI is InChI=1S/C14H18F2N2.ClH/c15-11-1-2-13(12(16)9-11)18-8-5-14(10-18)3-6-17-7-4-14;/h1-2,9,17H,3-8,10H2;1H. The second-order valence-corrected chi connectivity index (χ2v) is 5.52. The van der Waals surface area contributed by atoms with Gasteiger partial charge in [0.25, 0.3) is 0 Å². The number of hydrogen-bond donors (Lipinski definition) is 1. The highest BCUT2D eigenvalue weighted by Gasteiger charge is 2.39. The SMILES string of the molecule is Cl.Fc1ccc(N2CCC3(CCNCC3)C2)c(F)c1. The van der Waals surface area contributed by atoms with Crippen molar-refractivity contribution in [2.45, 2.75) is 19.3 Å². The molecular formula is C14H19ClF2N2. The number of rotatable bonds is 1. The number of halogens is 3. The van der Waals surface area contributed by atoms with Crippen LogP contribution in [-0.2, 0) is 0 Å². The Hall–Kier alpha value is -0.870. The van der Waals surface area contributed by atoms with Crippen molar-refractivity contribution in [2.75, 3.05) is 31.1 Å². The molecule has 0 radical (unpaired) electrons. The smallest absolute Gasteiger partial charge is 0.149 e. The van der Waals surface area contributed by atoms with Crippen LogP contribution in [0, 0.1) is 17.0 Å². The molecule has 2 heterocycles. The molecule has 2 nitrogen and oxygen atoms in total. The van der Waals surface area contributed by atoms with E-state index in [2.05, 4.69) is 10.2 Å². The van der Waals surface area contributed by atoms with E-state index in [0.717, 1.165) is 51.5 Å². The maximum absolute atomic E-state index is 13.8. The first-order valence-corrected chi connectivity index (χ1v) is 6.59. The molecule has 1 aromatic carbocycles. The molecule has 2 aliphatic heterocycles. The molecule has 0 unspecified atom stereocenters. The molecule has 0 atom stereocenters. The van der Waals surface area contributed by atoms with Gasteiger partial charge in [-0.05, 0) is 49.9 Å². The summed E-state index contributed by atoms with van der Waals surface area (Å²) in [6.07, 6.45) is 3.43. The minimum Gasteiger partial charge on any atom is -0.369 e. The minimum absolute atomic E-state index is 0. The summed E-state index contributed by atoms with van der Waals surface area (Å²) in [6, 6.07) is 3.87. The van der Waals surface area contributed by atoms with Crippen molar-refractivity contribution in [3.8, 4) is 0 Å². The first-order chi connectivity index (χ1) is 8.69. The summed E-state index contributed by atoms with van der Waals surface area (Å²) in [7, 11) is 0. The van der Waals surface area contributed by atoms with Crippen molar-refractivity contribution >= 4 is 18.1 Å². The Kier molecular flexibility index (Phi) is 4.31. The van der Waals surface area contributed by atoms with Crippen molar-refractivity contribution in [3.05, 3.63) is 29.8 Å². The summed E-state index contributed by atoms with van der Waals surface area (Å²) >= 11 is 0. The Balaban J connectivity index is 0.00000133. The monoisotopic (exact) mass is 288 g/mol. The molecule has 0 bridgehead atoms. The molecule has 1 spiro atoms. The van der Waals surface area contributed by atoms with Crippen molar-refractivity contribution in [1.29, 1.82) is 0 Å². The molecule has 2 aliphatic rings. The summed E-state index contributed by atoms with van der Waals surface area (Å²) in [5.74, 6) is -0.951. The van der Waals surface area contributed by atoms with E-state index in [1.807, 2.05) is 0 Å². The average molecular weight is 289 g/mol. The van der Waals surface area contributed by atoms with Gasteiger partial charge >= 0.3 is 0 Å². The van der Waals surface area contributed by atoms with E-state index in [1.54, 1.807) is 6.07 Å². The summed E-state index contributed by atoms with van der Waals surface area (Å²) in [5, 5.41) is 3.37. The fraction of sp³-hybridized carbons (Fsp3) is 0.571. The Morgan fingerprint density at radius 2 is 1.84 bits per heavy atom. The molecule has 0 aliphatic carbocycles. The lowest BCUT2D eigenvalue weighted by Crippen LogP contribution is -2.38. The molecule has 3 rings (SSSR count). The van der Waals surface area contributed by atoms with Crippen molar-refractivity contribution in [2.24, 2.45) is 5.41 Å². The number of piperidine rings is 1. The van der Waals surface area contributed by atoms with Gasteiger partial charge in [0.15, 0.2) is 0 Å². The molecule has 1 aromatic rings. The van der Waals surface area contributed by atoms with Gasteiger partial charge in [-0.2, -0.15) is 0 Å². The van der Waals surface area contributed by atoms with Gasteiger partial charge < -0.3 is 10.2 Å². The molecule has 1 N–H and O–H groups in total. The molecule has 2 saturated heterocycles. The largest absolute Gasteiger partial charge is 0.369 e. The third-order valence-electron chi connectivity index (χ3n) is 4.35. The van der Waals surface area contributed by atoms with Crippen LogP contribution in [0.2, 0.25) is 0 Å². The molecule has 2 fully saturated rings. The van der Waals surface area contributed by atoms with E-state index in [1.165, 1.54) is 6.07 Å². The second kappa shape index (κ2) is 5.63. The normalized spacial score (nSPS) is 21.5. The lowest BCUT2D eigenvalue weighted by atomic mass is 9.78. The third kappa shape index (κ3) is 2.84. The maximum atomic E-state index is 13.8. The fourth-order valence-electron chi connectivity index (χ4n) is 3.24. The predicted molar refractivity (Wildman–Crippen MR) is 75.0 cm³/mol. The summed E-state index contributed by atoms with van der Waals surface area (Å²) in [4.78, 5) is 2.07. The van der Waals surface area contributed by atoms with E-state index < -0.39 is 11.6 Å². The summed E-state index contributed by atoms with van der Waals surface area (Å²) in [6.45, 7) is 3.89. The van der Waals surface area contributed by atoms with Crippen LogP contribution in [0.1, 0.15) is 19.3 Å². The number of nitrogens with zero attached hydrogens (tertiary/aromatic N) is 1. The zero-order valence-corrected chi connectivity index (χ0v) is 11.6. The van der Waals surface area contributed by atoms with Crippen LogP contribution in [0.15, 0.2) is 18.2 Å². The third-order valence-corrected chi connectivity index (χ3v) is 4.35. The number of hydrogen-bond acceptors (Lipinski definition) is 2. The van der Waals surface area contributed by atoms with E-state index in [-0.39, 0.29) is 12.4 Å². The van der Waals surface area contributed by atoms with Gasteiger partial charge in [0.2, 0.25) is 0 Å². The summed E-state index contributed by atoms with van der Waals surface area (Å²) < 4.78 is 26.7. The highest BCUT2D eigenvalue weighted by atomic mass is 35.5. The molecular weight excluding hydrogens is 270 g/mol. The zero-order valence-electron chi connectivity index (χ0n) is 10.8. The van der Waals surface area contributed by atoms with Crippen LogP contribution in [0.5, 0.6) is 0 Å². The molecule has 0 aromatic heterocycles.